The van der Waals surface area contributed by atoms with Gasteiger partial charge in [-0.25, -0.2) is 9.59 Å². The third-order valence-electron chi connectivity index (χ3n) is 6.30. The predicted octanol–water partition coefficient (Wildman–Crippen LogP) is 5.41. The molecule has 40 heavy (non-hydrogen) atoms. The molecular formula is C30H31N5O5. The van der Waals surface area contributed by atoms with Gasteiger partial charge in [0.2, 0.25) is 0 Å². The highest BCUT2D eigenvalue weighted by molar-refractivity contribution is 6.03. The SMILES string of the molecule is COC(=O)c1n[nH]c2ccc(-c3cncc(OCC(Cc4c[nH]c5ccccc45)NC(=O)OC(C)(C)C)c3)cc12. The summed E-state index contributed by atoms with van der Waals surface area (Å²) >= 11 is 0. The molecule has 2 aromatic carbocycles. The minimum atomic E-state index is -0.627. The summed E-state index contributed by atoms with van der Waals surface area (Å²) in [5.41, 5.74) is 4.02. The Morgan fingerprint density at radius 3 is 2.62 bits per heavy atom. The van der Waals surface area contributed by atoms with E-state index in [1.165, 1.54) is 7.11 Å². The normalized spacial score (nSPS) is 12.3. The smallest absolute Gasteiger partial charge is 0.408 e. The number of nitrogens with zero attached hydrogens (tertiary/aromatic N) is 2. The number of benzene rings is 2. The molecule has 206 valence electrons. The van der Waals surface area contributed by atoms with Gasteiger partial charge in [0.25, 0.3) is 0 Å². The largest absolute Gasteiger partial charge is 0.490 e. The van der Waals surface area contributed by atoms with Crippen molar-refractivity contribution < 1.29 is 23.8 Å². The first-order chi connectivity index (χ1) is 19.2. The summed E-state index contributed by atoms with van der Waals surface area (Å²) in [6.45, 7) is 5.66. The van der Waals surface area contributed by atoms with E-state index in [4.69, 9.17) is 14.2 Å². The van der Waals surface area contributed by atoms with E-state index < -0.39 is 17.7 Å². The number of ether oxygens (including phenoxy) is 3. The van der Waals surface area contributed by atoms with Crippen LogP contribution in [0.4, 0.5) is 4.79 Å². The van der Waals surface area contributed by atoms with Gasteiger partial charge in [-0.1, -0.05) is 24.3 Å². The van der Waals surface area contributed by atoms with Crippen molar-refractivity contribution in [2.75, 3.05) is 13.7 Å². The summed E-state index contributed by atoms with van der Waals surface area (Å²) in [6.07, 6.45) is 5.31. The average molecular weight is 542 g/mol. The molecule has 0 fully saturated rings. The van der Waals surface area contributed by atoms with Crippen molar-refractivity contribution in [2.24, 2.45) is 0 Å². The summed E-state index contributed by atoms with van der Waals surface area (Å²) in [5.74, 6) is 0.0187. The Hall–Kier alpha value is -4.86. The van der Waals surface area contributed by atoms with Crippen molar-refractivity contribution in [3.05, 3.63) is 78.4 Å². The molecule has 3 heterocycles. The number of alkyl carbamates (subject to hydrolysis) is 1. The third-order valence-corrected chi connectivity index (χ3v) is 6.30. The maximum Gasteiger partial charge on any atom is 0.408 e. The summed E-state index contributed by atoms with van der Waals surface area (Å²) in [5, 5.41) is 11.6. The first-order valence-corrected chi connectivity index (χ1v) is 12.9. The van der Waals surface area contributed by atoms with E-state index in [1.807, 2.05) is 75.5 Å². The minimum absolute atomic E-state index is 0.192. The molecule has 0 bridgehead atoms. The lowest BCUT2D eigenvalue weighted by molar-refractivity contribution is 0.0487. The van der Waals surface area contributed by atoms with Gasteiger partial charge in [0.05, 0.1) is 24.9 Å². The monoisotopic (exact) mass is 541 g/mol. The summed E-state index contributed by atoms with van der Waals surface area (Å²) in [4.78, 5) is 32.4. The molecule has 0 spiro atoms. The van der Waals surface area contributed by atoms with Crippen LogP contribution in [0.3, 0.4) is 0 Å². The summed E-state index contributed by atoms with van der Waals surface area (Å²) in [7, 11) is 1.32. The second kappa shape index (κ2) is 11.1. The Morgan fingerprint density at radius 2 is 1.82 bits per heavy atom. The van der Waals surface area contributed by atoms with Crippen molar-refractivity contribution in [3.63, 3.8) is 0 Å². The van der Waals surface area contributed by atoms with Gasteiger partial charge in [-0.3, -0.25) is 10.1 Å². The Morgan fingerprint density at radius 1 is 1.00 bits per heavy atom. The molecule has 0 aliphatic rings. The van der Waals surface area contributed by atoms with Crippen molar-refractivity contribution in [2.45, 2.75) is 38.8 Å². The van der Waals surface area contributed by atoms with Crippen LogP contribution in [0.1, 0.15) is 36.8 Å². The van der Waals surface area contributed by atoms with Crippen LogP contribution in [-0.2, 0) is 15.9 Å². The zero-order valence-corrected chi connectivity index (χ0v) is 22.8. The van der Waals surface area contributed by atoms with Crippen LogP contribution in [0.25, 0.3) is 32.9 Å². The second-order valence-electron chi connectivity index (χ2n) is 10.5. The molecule has 0 aliphatic heterocycles. The summed E-state index contributed by atoms with van der Waals surface area (Å²) < 4.78 is 16.5. The highest BCUT2D eigenvalue weighted by Gasteiger charge is 2.22. The van der Waals surface area contributed by atoms with Crippen LogP contribution in [-0.4, -0.2) is 57.6 Å². The number of methoxy groups -OCH3 is 1. The molecule has 1 amide bonds. The molecule has 0 saturated carbocycles. The number of rotatable bonds is 8. The van der Waals surface area contributed by atoms with Gasteiger partial charge in [0, 0.05) is 34.2 Å². The van der Waals surface area contributed by atoms with Gasteiger partial charge in [0.1, 0.15) is 18.0 Å². The maximum atomic E-state index is 12.6. The van der Waals surface area contributed by atoms with E-state index in [0.29, 0.717) is 17.6 Å². The van der Waals surface area contributed by atoms with Crippen LogP contribution in [0, 0.1) is 0 Å². The molecule has 1 atom stereocenters. The quantitative estimate of drug-likeness (QED) is 0.224. The number of aromatic amines is 2. The number of H-pyrrole nitrogens is 2. The van der Waals surface area contributed by atoms with Gasteiger partial charge in [-0.15, -0.1) is 0 Å². The molecule has 5 rings (SSSR count). The molecule has 10 heteroatoms. The molecule has 0 saturated heterocycles. The number of fused-ring (bicyclic) bond motifs is 2. The number of aromatic nitrogens is 4. The number of hydrogen-bond acceptors (Lipinski definition) is 7. The molecule has 3 aromatic heterocycles. The number of hydrogen-bond donors (Lipinski definition) is 3. The number of esters is 1. The lowest BCUT2D eigenvalue weighted by atomic mass is 10.0. The number of carbonyl (C=O) groups is 2. The predicted molar refractivity (Wildman–Crippen MR) is 151 cm³/mol. The van der Waals surface area contributed by atoms with Gasteiger partial charge in [-0.05, 0) is 62.6 Å². The highest BCUT2D eigenvalue weighted by atomic mass is 16.6. The van der Waals surface area contributed by atoms with Gasteiger partial charge < -0.3 is 24.5 Å². The Balaban J connectivity index is 1.36. The van der Waals surface area contributed by atoms with Crippen LogP contribution in [0.2, 0.25) is 0 Å². The van der Waals surface area contributed by atoms with Gasteiger partial charge >= 0.3 is 12.1 Å². The fourth-order valence-electron chi connectivity index (χ4n) is 4.49. The van der Waals surface area contributed by atoms with E-state index in [2.05, 4.69) is 25.5 Å². The number of pyridine rings is 1. The van der Waals surface area contributed by atoms with Crippen LogP contribution in [0.15, 0.2) is 67.1 Å². The molecule has 0 radical (unpaired) electrons. The first-order valence-electron chi connectivity index (χ1n) is 12.9. The first kappa shape index (κ1) is 26.7. The number of nitrogens with one attached hydrogen (secondary N) is 3. The fourth-order valence-corrected chi connectivity index (χ4v) is 4.49. The third kappa shape index (κ3) is 6.06. The standard InChI is InChI=1S/C30H31N5O5/c1-30(2,3)40-29(37)33-21(11-20-15-32-25-8-6-5-7-23(20)25)17-39-22-12-19(14-31-16-22)18-9-10-26-24(13-18)27(35-34-26)28(36)38-4/h5-10,12-16,21,32H,11,17H2,1-4H3,(H,33,37)(H,34,35). The lowest BCUT2D eigenvalue weighted by Crippen LogP contribution is -2.43. The van der Waals surface area contributed by atoms with Crippen molar-refractivity contribution in [1.29, 1.82) is 0 Å². The lowest BCUT2D eigenvalue weighted by Gasteiger charge is -2.24. The van der Waals surface area contributed by atoms with Crippen LogP contribution < -0.4 is 10.1 Å². The topological polar surface area (TPSA) is 131 Å². The molecule has 3 N–H and O–H groups in total. The molecule has 10 nitrogen and oxygen atoms in total. The number of amides is 1. The Bertz CT molecular complexity index is 1670. The Kier molecular flexibility index (Phi) is 7.41. The van der Waals surface area contributed by atoms with Gasteiger partial charge in [-0.2, -0.15) is 5.10 Å². The molecular weight excluding hydrogens is 510 g/mol. The molecule has 5 aromatic rings. The van der Waals surface area contributed by atoms with Gasteiger partial charge in [0.15, 0.2) is 5.69 Å². The number of para-hydroxylation sites is 1. The van der Waals surface area contributed by atoms with Crippen LogP contribution >= 0.6 is 0 Å². The fraction of sp³-hybridized carbons (Fsp3) is 0.267. The zero-order chi connectivity index (χ0) is 28.3. The van der Waals surface area contributed by atoms with E-state index >= 15 is 0 Å². The highest BCUT2D eigenvalue weighted by Crippen LogP contribution is 2.28. The zero-order valence-electron chi connectivity index (χ0n) is 22.8. The maximum absolute atomic E-state index is 12.6. The minimum Gasteiger partial charge on any atom is -0.490 e. The van der Waals surface area contributed by atoms with Crippen molar-refractivity contribution >= 4 is 33.9 Å². The van der Waals surface area contributed by atoms with E-state index in [-0.39, 0.29) is 18.3 Å². The number of carbonyl (C=O) groups excluding carboxylic acids is 2. The molecule has 1 unspecified atom stereocenters. The summed E-state index contributed by atoms with van der Waals surface area (Å²) in [6, 6.07) is 15.1. The van der Waals surface area contributed by atoms with E-state index in [0.717, 1.165) is 33.1 Å². The van der Waals surface area contributed by atoms with E-state index in [9.17, 15) is 9.59 Å². The molecule has 0 aliphatic carbocycles. The van der Waals surface area contributed by atoms with Crippen LogP contribution in [0.5, 0.6) is 5.75 Å². The second-order valence-corrected chi connectivity index (χ2v) is 10.5. The van der Waals surface area contributed by atoms with Crippen molar-refractivity contribution in [1.82, 2.24) is 25.5 Å². The van der Waals surface area contributed by atoms with Crippen molar-refractivity contribution in [3.8, 4) is 16.9 Å². The Labute approximate surface area is 231 Å². The average Bonchev–Trinajstić information content (AvgIpc) is 3.54. The van der Waals surface area contributed by atoms with E-state index in [1.54, 1.807) is 12.4 Å².